The Morgan fingerprint density at radius 2 is 1.68 bits per heavy atom. The SMILES string of the molecule is COc1ccc(C(=O)Oc2ccc3c(=O)c(-c4ccccc4Cl)coc3c2)cc1OC. The van der Waals surface area contributed by atoms with Gasteiger partial charge >= 0.3 is 5.97 Å². The standard InChI is InChI=1S/C24H17ClO6/c1-28-20-10-7-14(11-22(20)29-2)24(27)31-15-8-9-17-21(12-15)30-13-18(23(17)26)16-5-3-4-6-19(16)25/h3-13H,1-2H3. The van der Waals surface area contributed by atoms with Gasteiger partial charge in [0, 0.05) is 16.7 Å². The van der Waals surface area contributed by atoms with Crippen molar-refractivity contribution in [2.45, 2.75) is 0 Å². The molecule has 0 N–H and O–H groups in total. The fraction of sp³-hybridized carbons (Fsp3) is 0.0833. The van der Waals surface area contributed by atoms with Crippen LogP contribution in [0.2, 0.25) is 5.02 Å². The molecule has 0 amide bonds. The maximum Gasteiger partial charge on any atom is 0.343 e. The molecular weight excluding hydrogens is 420 g/mol. The number of fused-ring (bicyclic) bond motifs is 1. The van der Waals surface area contributed by atoms with Crippen molar-refractivity contribution in [3.8, 4) is 28.4 Å². The first-order chi connectivity index (χ1) is 15.0. The third-order valence-electron chi connectivity index (χ3n) is 4.74. The Hall–Kier alpha value is -3.77. The van der Waals surface area contributed by atoms with Crippen molar-refractivity contribution >= 4 is 28.5 Å². The van der Waals surface area contributed by atoms with Gasteiger partial charge in [-0.3, -0.25) is 4.79 Å². The van der Waals surface area contributed by atoms with Crippen LogP contribution in [0.5, 0.6) is 17.2 Å². The van der Waals surface area contributed by atoms with Crippen LogP contribution in [0.4, 0.5) is 0 Å². The van der Waals surface area contributed by atoms with Crippen molar-refractivity contribution in [3.05, 3.63) is 87.7 Å². The minimum absolute atomic E-state index is 0.230. The van der Waals surface area contributed by atoms with E-state index in [4.69, 9.17) is 30.2 Å². The Kier molecular flexibility index (Phi) is 5.64. The zero-order chi connectivity index (χ0) is 22.0. The monoisotopic (exact) mass is 436 g/mol. The smallest absolute Gasteiger partial charge is 0.343 e. The Labute approximate surface area is 182 Å². The largest absolute Gasteiger partial charge is 0.493 e. The molecule has 1 aromatic heterocycles. The van der Waals surface area contributed by atoms with Gasteiger partial charge in [-0.05, 0) is 36.4 Å². The summed E-state index contributed by atoms with van der Waals surface area (Å²) in [5, 5.41) is 0.804. The fourth-order valence-electron chi connectivity index (χ4n) is 3.17. The third-order valence-corrected chi connectivity index (χ3v) is 5.07. The minimum atomic E-state index is -0.588. The second-order valence-corrected chi connectivity index (χ2v) is 6.98. The molecule has 0 bridgehead atoms. The van der Waals surface area contributed by atoms with Gasteiger partial charge < -0.3 is 18.6 Å². The van der Waals surface area contributed by atoms with E-state index in [1.165, 1.54) is 38.7 Å². The molecule has 0 aliphatic heterocycles. The number of halogens is 1. The summed E-state index contributed by atoms with van der Waals surface area (Å²) in [4.78, 5) is 25.5. The summed E-state index contributed by atoms with van der Waals surface area (Å²) in [5.74, 6) is 0.561. The van der Waals surface area contributed by atoms with E-state index in [0.717, 1.165) is 0 Å². The summed E-state index contributed by atoms with van der Waals surface area (Å²) in [6.45, 7) is 0. The number of carbonyl (C=O) groups excluding carboxylic acids is 1. The molecule has 0 spiro atoms. The van der Waals surface area contributed by atoms with Gasteiger partial charge in [-0.15, -0.1) is 0 Å². The maximum absolute atomic E-state index is 12.9. The number of methoxy groups -OCH3 is 2. The number of esters is 1. The van der Waals surface area contributed by atoms with E-state index in [0.29, 0.717) is 38.6 Å². The second-order valence-electron chi connectivity index (χ2n) is 6.58. The molecule has 0 aliphatic carbocycles. The van der Waals surface area contributed by atoms with Gasteiger partial charge in [0.05, 0.1) is 30.7 Å². The lowest BCUT2D eigenvalue weighted by Crippen LogP contribution is -2.09. The van der Waals surface area contributed by atoms with Crippen molar-refractivity contribution in [1.29, 1.82) is 0 Å². The summed E-state index contributed by atoms with van der Waals surface area (Å²) in [6, 6.07) is 16.3. The average Bonchev–Trinajstić information content (AvgIpc) is 2.79. The van der Waals surface area contributed by atoms with Crippen LogP contribution in [-0.4, -0.2) is 20.2 Å². The van der Waals surface area contributed by atoms with Gasteiger partial charge in [0.1, 0.15) is 17.6 Å². The predicted molar refractivity (Wildman–Crippen MR) is 117 cm³/mol. The van der Waals surface area contributed by atoms with Crippen LogP contribution in [0.25, 0.3) is 22.1 Å². The van der Waals surface area contributed by atoms with Crippen molar-refractivity contribution < 1.29 is 23.4 Å². The highest BCUT2D eigenvalue weighted by molar-refractivity contribution is 6.33. The molecule has 3 aromatic carbocycles. The van der Waals surface area contributed by atoms with Crippen LogP contribution >= 0.6 is 11.6 Å². The molecule has 4 rings (SSSR count). The molecular formula is C24H17ClO6. The van der Waals surface area contributed by atoms with Crippen LogP contribution in [-0.2, 0) is 0 Å². The molecule has 1 heterocycles. The van der Waals surface area contributed by atoms with E-state index in [1.54, 1.807) is 42.5 Å². The molecule has 0 atom stereocenters. The molecule has 6 nitrogen and oxygen atoms in total. The van der Waals surface area contributed by atoms with Crippen molar-refractivity contribution in [2.75, 3.05) is 14.2 Å². The summed E-state index contributed by atoms with van der Waals surface area (Å²) in [7, 11) is 2.99. The van der Waals surface area contributed by atoms with Gasteiger partial charge in [-0.25, -0.2) is 4.79 Å². The second kappa shape index (κ2) is 8.53. The van der Waals surface area contributed by atoms with Crippen molar-refractivity contribution in [1.82, 2.24) is 0 Å². The summed E-state index contributed by atoms with van der Waals surface area (Å²) in [6.07, 6.45) is 1.35. The molecule has 0 unspecified atom stereocenters. The van der Waals surface area contributed by atoms with Crippen molar-refractivity contribution in [2.24, 2.45) is 0 Å². The molecule has 31 heavy (non-hydrogen) atoms. The third kappa shape index (κ3) is 3.98. The summed E-state index contributed by atoms with van der Waals surface area (Å²) in [5.41, 5.74) is 1.29. The van der Waals surface area contributed by atoms with Crippen LogP contribution in [0.3, 0.4) is 0 Å². The predicted octanol–water partition coefficient (Wildman–Crippen LogP) is 5.35. The van der Waals surface area contributed by atoms with E-state index in [1.807, 2.05) is 0 Å². The average molecular weight is 437 g/mol. The van der Waals surface area contributed by atoms with E-state index in [9.17, 15) is 9.59 Å². The first-order valence-electron chi connectivity index (χ1n) is 9.26. The van der Waals surface area contributed by atoms with E-state index in [-0.39, 0.29) is 16.7 Å². The Bertz CT molecular complexity index is 1340. The Morgan fingerprint density at radius 1 is 0.903 bits per heavy atom. The van der Waals surface area contributed by atoms with Gasteiger partial charge in [0.15, 0.2) is 11.5 Å². The van der Waals surface area contributed by atoms with E-state index in [2.05, 4.69) is 0 Å². The first kappa shape index (κ1) is 20.5. The van der Waals surface area contributed by atoms with E-state index < -0.39 is 5.97 Å². The number of hydrogen-bond acceptors (Lipinski definition) is 6. The van der Waals surface area contributed by atoms with Crippen LogP contribution in [0.15, 0.2) is 76.1 Å². The fourth-order valence-corrected chi connectivity index (χ4v) is 3.40. The normalized spacial score (nSPS) is 10.7. The summed E-state index contributed by atoms with van der Waals surface area (Å²) >= 11 is 6.21. The topological polar surface area (TPSA) is 75.0 Å². The molecule has 0 saturated carbocycles. The van der Waals surface area contributed by atoms with Crippen LogP contribution < -0.4 is 19.6 Å². The lowest BCUT2D eigenvalue weighted by molar-refractivity contribution is 0.0734. The molecule has 0 saturated heterocycles. The molecule has 156 valence electrons. The first-order valence-corrected chi connectivity index (χ1v) is 9.64. The molecule has 7 heteroatoms. The number of rotatable bonds is 5. The Morgan fingerprint density at radius 3 is 2.42 bits per heavy atom. The van der Waals surface area contributed by atoms with Gasteiger partial charge in [-0.1, -0.05) is 29.8 Å². The number of hydrogen-bond donors (Lipinski definition) is 0. The van der Waals surface area contributed by atoms with Gasteiger partial charge in [-0.2, -0.15) is 0 Å². The maximum atomic E-state index is 12.9. The quantitative estimate of drug-likeness (QED) is 0.310. The number of carbonyl (C=O) groups is 1. The lowest BCUT2D eigenvalue weighted by Gasteiger charge is -2.10. The van der Waals surface area contributed by atoms with Crippen LogP contribution in [0, 0.1) is 0 Å². The lowest BCUT2D eigenvalue weighted by atomic mass is 10.1. The minimum Gasteiger partial charge on any atom is -0.493 e. The zero-order valence-electron chi connectivity index (χ0n) is 16.7. The Balaban J connectivity index is 1.64. The van der Waals surface area contributed by atoms with Gasteiger partial charge in [0.2, 0.25) is 5.43 Å². The molecule has 4 aromatic rings. The molecule has 0 aliphatic rings. The van der Waals surface area contributed by atoms with Crippen LogP contribution in [0.1, 0.15) is 10.4 Å². The zero-order valence-corrected chi connectivity index (χ0v) is 17.4. The molecule has 0 radical (unpaired) electrons. The van der Waals surface area contributed by atoms with Gasteiger partial charge in [0.25, 0.3) is 0 Å². The highest BCUT2D eigenvalue weighted by Gasteiger charge is 2.15. The highest BCUT2D eigenvalue weighted by atomic mass is 35.5. The summed E-state index contributed by atoms with van der Waals surface area (Å²) < 4.78 is 21.5. The highest BCUT2D eigenvalue weighted by Crippen LogP contribution is 2.30. The number of ether oxygens (including phenoxy) is 3. The van der Waals surface area contributed by atoms with E-state index >= 15 is 0 Å². The van der Waals surface area contributed by atoms with Crippen molar-refractivity contribution in [3.63, 3.8) is 0 Å². The molecule has 0 fully saturated rings. The number of benzene rings is 3.